The molecule has 0 aliphatic carbocycles. The number of ether oxygens (including phenoxy) is 1. The first-order chi connectivity index (χ1) is 9.68. The summed E-state index contributed by atoms with van der Waals surface area (Å²) < 4.78 is 5.53. The molecular weight excluding hydrogens is 276 g/mol. The van der Waals surface area contributed by atoms with Crippen LogP contribution in [-0.4, -0.2) is 24.0 Å². The summed E-state index contributed by atoms with van der Waals surface area (Å²) in [4.78, 5) is 18.4. The molecule has 5 heteroatoms. The van der Waals surface area contributed by atoms with Crippen molar-refractivity contribution in [3.8, 4) is 5.75 Å². The van der Waals surface area contributed by atoms with Crippen LogP contribution in [0.25, 0.3) is 0 Å². The number of halogens is 1. The second kappa shape index (κ2) is 5.13. The lowest BCUT2D eigenvalue weighted by molar-refractivity contribution is 0.0976. The van der Waals surface area contributed by atoms with Gasteiger partial charge in [0.1, 0.15) is 18.0 Å². The predicted octanol–water partition coefficient (Wildman–Crippen LogP) is 3.08. The quantitative estimate of drug-likeness (QED) is 0.810. The Morgan fingerprint density at radius 3 is 3.10 bits per heavy atom. The van der Waals surface area contributed by atoms with Crippen LogP contribution in [0.3, 0.4) is 0 Å². The molecule has 0 N–H and O–H groups in total. The Morgan fingerprint density at radius 2 is 2.25 bits per heavy atom. The SMILES string of the molecule is Cc1cccc(C(=O)N2CCOc3ccncc32)c1Cl. The van der Waals surface area contributed by atoms with E-state index in [1.807, 2.05) is 19.1 Å². The highest BCUT2D eigenvalue weighted by atomic mass is 35.5. The molecule has 102 valence electrons. The van der Waals surface area contributed by atoms with Gasteiger partial charge in [0.25, 0.3) is 5.91 Å². The van der Waals surface area contributed by atoms with Crippen LogP contribution in [0.4, 0.5) is 5.69 Å². The van der Waals surface area contributed by atoms with E-state index < -0.39 is 0 Å². The molecular formula is C15H13ClN2O2. The Hall–Kier alpha value is -2.07. The second-order valence-electron chi connectivity index (χ2n) is 4.59. The summed E-state index contributed by atoms with van der Waals surface area (Å²) in [7, 11) is 0. The minimum Gasteiger partial charge on any atom is -0.489 e. The lowest BCUT2D eigenvalue weighted by Crippen LogP contribution is -2.38. The van der Waals surface area contributed by atoms with Crippen LogP contribution in [0, 0.1) is 6.92 Å². The maximum Gasteiger partial charge on any atom is 0.260 e. The molecule has 0 atom stereocenters. The Labute approximate surface area is 122 Å². The Kier molecular flexibility index (Phi) is 3.32. The number of fused-ring (bicyclic) bond motifs is 1. The summed E-state index contributed by atoms with van der Waals surface area (Å²) in [5, 5.41) is 0.495. The van der Waals surface area contributed by atoms with Crippen molar-refractivity contribution in [3.05, 3.63) is 52.8 Å². The van der Waals surface area contributed by atoms with Gasteiger partial charge in [-0.2, -0.15) is 0 Å². The van der Waals surface area contributed by atoms with E-state index in [0.717, 1.165) is 5.56 Å². The van der Waals surface area contributed by atoms with Crippen LogP contribution in [0.2, 0.25) is 5.02 Å². The van der Waals surface area contributed by atoms with Gasteiger partial charge in [0.15, 0.2) is 0 Å². The lowest BCUT2D eigenvalue weighted by atomic mass is 10.1. The van der Waals surface area contributed by atoms with Crippen LogP contribution in [0.15, 0.2) is 36.7 Å². The van der Waals surface area contributed by atoms with Crippen molar-refractivity contribution in [1.29, 1.82) is 0 Å². The number of carbonyl (C=O) groups excluding carboxylic acids is 1. The number of rotatable bonds is 1. The summed E-state index contributed by atoms with van der Waals surface area (Å²) in [6, 6.07) is 7.21. The van der Waals surface area contributed by atoms with E-state index in [1.54, 1.807) is 29.4 Å². The molecule has 1 aliphatic rings. The number of aryl methyl sites for hydroxylation is 1. The van der Waals surface area contributed by atoms with Crippen LogP contribution < -0.4 is 9.64 Å². The molecule has 0 fully saturated rings. The van der Waals surface area contributed by atoms with Gasteiger partial charge in [-0.3, -0.25) is 9.78 Å². The fourth-order valence-corrected chi connectivity index (χ4v) is 2.44. The third-order valence-corrected chi connectivity index (χ3v) is 3.79. The van der Waals surface area contributed by atoms with Gasteiger partial charge >= 0.3 is 0 Å². The fourth-order valence-electron chi connectivity index (χ4n) is 2.23. The van der Waals surface area contributed by atoms with Gasteiger partial charge in [-0.25, -0.2) is 0 Å². The summed E-state index contributed by atoms with van der Waals surface area (Å²) in [6.07, 6.45) is 3.28. The Bertz CT molecular complexity index is 673. The smallest absolute Gasteiger partial charge is 0.260 e. The molecule has 0 radical (unpaired) electrons. The molecule has 2 heterocycles. The van der Waals surface area contributed by atoms with E-state index >= 15 is 0 Å². The molecule has 20 heavy (non-hydrogen) atoms. The van der Waals surface area contributed by atoms with Gasteiger partial charge in [0, 0.05) is 12.3 Å². The Balaban J connectivity index is 2.02. The average Bonchev–Trinajstić information content (AvgIpc) is 2.49. The highest BCUT2D eigenvalue weighted by Crippen LogP contribution is 2.32. The zero-order chi connectivity index (χ0) is 14.1. The van der Waals surface area contributed by atoms with Gasteiger partial charge < -0.3 is 9.64 Å². The van der Waals surface area contributed by atoms with E-state index in [1.165, 1.54) is 0 Å². The second-order valence-corrected chi connectivity index (χ2v) is 4.96. The third kappa shape index (κ3) is 2.12. The fraction of sp³-hybridized carbons (Fsp3) is 0.200. The zero-order valence-corrected chi connectivity index (χ0v) is 11.7. The van der Waals surface area contributed by atoms with Gasteiger partial charge in [-0.1, -0.05) is 23.7 Å². The molecule has 1 aromatic heterocycles. The summed E-state index contributed by atoms with van der Waals surface area (Å²) in [5.74, 6) is 0.541. The van der Waals surface area contributed by atoms with Crippen molar-refractivity contribution < 1.29 is 9.53 Å². The van der Waals surface area contributed by atoms with Gasteiger partial charge in [0.2, 0.25) is 0 Å². The van der Waals surface area contributed by atoms with Crippen LogP contribution in [0.5, 0.6) is 5.75 Å². The number of hydrogen-bond acceptors (Lipinski definition) is 3. The number of pyridine rings is 1. The largest absolute Gasteiger partial charge is 0.489 e. The first-order valence-corrected chi connectivity index (χ1v) is 6.70. The first-order valence-electron chi connectivity index (χ1n) is 6.32. The van der Waals surface area contributed by atoms with Gasteiger partial charge in [-0.05, 0) is 18.6 Å². The number of carbonyl (C=O) groups is 1. The molecule has 0 unspecified atom stereocenters. The highest BCUT2D eigenvalue weighted by Gasteiger charge is 2.26. The third-order valence-electron chi connectivity index (χ3n) is 3.29. The summed E-state index contributed by atoms with van der Waals surface area (Å²) >= 11 is 6.24. The number of benzene rings is 1. The summed E-state index contributed by atoms with van der Waals surface area (Å²) in [6.45, 7) is 2.84. The number of amides is 1. The molecule has 0 spiro atoms. The average molecular weight is 289 g/mol. The topological polar surface area (TPSA) is 42.4 Å². The standard InChI is InChI=1S/C15H13ClN2O2/c1-10-3-2-4-11(14(10)16)15(19)18-7-8-20-13-5-6-17-9-12(13)18/h2-6,9H,7-8H2,1H3. The number of nitrogens with zero attached hydrogens (tertiary/aromatic N) is 2. The molecule has 1 aliphatic heterocycles. The van der Waals surface area contributed by atoms with E-state index in [9.17, 15) is 4.79 Å². The van der Waals surface area contributed by atoms with Crippen LogP contribution >= 0.6 is 11.6 Å². The Morgan fingerprint density at radius 1 is 1.40 bits per heavy atom. The number of hydrogen-bond donors (Lipinski definition) is 0. The number of aromatic nitrogens is 1. The van der Waals surface area contributed by atoms with Crippen molar-refractivity contribution in [2.24, 2.45) is 0 Å². The predicted molar refractivity (Wildman–Crippen MR) is 77.6 cm³/mol. The van der Waals surface area contributed by atoms with Crippen molar-refractivity contribution in [1.82, 2.24) is 4.98 Å². The monoisotopic (exact) mass is 288 g/mol. The maximum atomic E-state index is 12.7. The first kappa shape index (κ1) is 12.9. The molecule has 0 saturated heterocycles. The molecule has 0 bridgehead atoms. The van der Waals surface area contributed by atoms with E-state index in [-0.39, 0.29) is 5.91 Å². The molecule has 4 nitrogen and oxygen atoms in total. The molecule has 3 rings (SSSR count). The van der Waals surface area contributed by atoms with Crippen LogP contribution in [-0.2, 0) is 0 Å². The number of anilines is 1. The van der Waals surface area contributed by atoms with Crippen molar-refractivity contribution >= 4 is 23.2 Å². The van der Waals surface area contributed by atoms with Crippen molar-refractivity contribution in [2.75, 3.05) is 18.1 Å². The molecule has 0 saturated carbocycles. The van der Waals surface area contributed by atoms with Crippen molar-refractivity contribution in [3.63, 3.8) is 0 Å². The highest BCUT2D eigenvalue weighted by molar-refractivity contribution is 6.35. The molecule has 2 aromatic rings. The lowest BCUT2D eigenvalue weighted by Gasteiger charge is -2.29. The normalized spacial score (nSPS) is 13.6. The maximum absolute atomic E-state index is 12.7. The van der Waals surface area contributed by atoms with Crippen molar-refractivity contribution in [2.45, 2.75) is 6.92 Å². The zero-order valence-electron chi connectivity index (χ0n) is 11.0. The minimum absolute atomic E-state index is 0.128. The van der Waals surface area contributed by atoms with Crippen LogP contribution in [0.1, 0.15) is 15.9 Å². The minimum atomic E-state index is -0.128. The van der Waals surface area contributed by atoms with E-state index in [4.69, 9.17) is 16.3 Å². The molecule has 1 aromatic carbocycles. The van der Waals surface area contributed by atoms with Gasteiger partial charge in [-0.15, -0.1) is 0 Å². The van der Waals surface area contributed by atoms with Gasteiger partial charge in [0.05, 0.1) is 23.3 Å². The van der Waals surface area contributed by atoms with E-state index in [0.29, 0.717) is 35.2 Å². The molecule has 1 amide bonds. The summed E-state index contributed by atoms with van der Waals surface area (Å²) in [5.41, 5.74) is 2.07. The van der Waals surface area contributed by atoms with E-state index in [2.05, 4.69) is 4.98 Å².